The van der Waals surface area contributed by atoms with Crippen LogP contribution in [0.15, 0.2) is 48.7 Å². The number of amides is 1. The first-order valence-electron chi connectivity index (χ1n) is 9.74. The van der Waals surface area contributed by atoms with E-state index in [1.54, 1.807) is 12.1 Å². The predicted octanol–water partition coefficient (Wildman–Crippen LogP) is 4.20. The van der Waals surface area contributed by atoms with Gasteiger partial charge in [-0.15, -0.1) is 12.4 Å². The van der Waals surface area contributed by atoms with Gasteiger partial charge in [0, 0.05) is 18.1 Å². The smallest absolute Gasteiger partial charge is 0.271 e. The average molecular weight is 464 g/mol. The number of anilines is 1. The van der Waals surface area contributed by atoms with E-state index in [0.717, 1.165) is 44.1 Å². The van der Waals surface area contributed by atoms with Crippen LogP contribution in [0.5, 0.6) is 0 Å². The van der Waals surface area contributed by atoms with Gasteiger partial charge in [0.05, 0.1) is 33.8 Å². The van der Waals surface area contributed by atoms with Gasteiger partial charge in [0.25, 0.3) is 11.6 Å². The zero-order valence-corrected chi connectivity index (χ0v) is 17.6. The Morgan fingerprint density at radius 2 is 1.94 bits per heavy atom. The Morgan fingerprint density at radius 3 is 2.62 bits per heavy atom. The monoisotopic (exact) mass is 463 g/mol. The van der Waals surface area contributed by atoms with Crippen molar-refractivity contribution in [1.29, 1.82) is 0 Å². The van der Waals surface area contributed by atoms with Gasteiger partial charge in [0.2, 0.25) is 0 Å². The maximum absolute atomic E-state index is 14.2. The van der Waals surface area contributed by atoms with E-state index in [1.165, 1.54) is 23.0 Å². The molecule has 1 saturated heterocycles. The molecule has 0 aliphatic carbocycles. The van der Waals surface area contributed by atoms with E-state index in [9.17, 15) is 23.7 Å². The third kappa shape index (κ3) is 4.76. The van der Waals surface area contributed by atoms with Crippen molar-refractivity contribution >= 4 is 29.7 Å². The fraction of sp³-hybridized carbons (Fsp3) is 0.238. The number of halogens is 3. The number of nitrogens with one attached hydrogen (secondary N) is 2. The van der Waals surface area contributed by atoms with Crippen molar-refractivity contribution in [3.05, 3.63) is 81.7 Å². The minimum atomic E-state index is -0.792. The molecule has 2 N–H and O–H groups in total. The number of nitro groups is 1. The molecule has 1 aromatic heterocycles. The SMILES string of the molecule is Cl.O=C(Nc1cc([N+](=O)[O-])ccc1F)c1cnn(-c2cccc(F)c2)c1C1CCNCC1. The lowest BCUT2D eigenvalue weighted by molar-refractivity contribution is -0.384. The third-order valence-corrected chi connectivity index (χ3v) is 5.24. The molecule has 4 rings (SSSR count). The van der Waals surface area contributed by atoms with Crippen LogP contribution in [0.1, 0.15) is 34.8 Å². The molecule has 0 unspecified atom stereocenters. The molecule has 1 aliphatic heterocycles. The van der Waals surface area contributed by atoms with Crippen LogP contribution in [0.2, 0.25) is 0 Å². The first-order chi connectivity index (χ1) is 14.9. The minimum Gasteiger partial charge on any atom is -0.319 e. The highest BCUT2D eigenvalue weighted by Crippen LogP contribution is 2.31. The highest BCUT2D eigenvalue weighted by molar-refractivity contribution is 6.05. The van der Waals surface area contributed by atoms with Crippen LogP contribution < -0.4 is 10.6 Å². The summed E-state index contributed by atoms with van der Waals surface area (Å²) < 4.78 is 29.5. The van der Waals surface area contributed by atoms with Crippen LogP contribution >= 0.6 is 12.4 Å². The normalized spacial score (nSPS) is 13.9. The Bertz CT molecular complexity index is 1150. The highest BCUT2D eigenvalue weighted by Gasteiger charge is 2.27. The fourth-order valence-corrected chi connectivity index (χ4v) is 3.75. The number of aromatic nitrogens is 2. The Labute approximate surface area is 188 Å². The van der Waals surface area contributed by atoms with Crippen LogP contribution in [-0.2, 0) is 0 Å². The maximum Gasteiger partial charge on any atom is 0.271 e. The molecule has 2 aromatic carbocycles. The predicted molar refractivity (Wildman–Crippen MR) is 117 cm³/mol. The molecule has 1 amide bonds. The van der Waals surface area contributed by atoms with Crippen molar-refractivity contribution in [2.45, 2.75) is 18.8 Å². The van der Waals surface area contributed by atoms with Gasteiger partial charge >= 0.3 is 0 Å². The van der Waals surface area contributed by atoms with E-state index < -0.39 is 22.5 Å². The van der Waals surface area contributed by atoms with E-state index in [4.69, 9.17) is 0 Å². The standard InChI is InChI=1S/C21H19F2N5O3.ClH/c22-14-2-1-3-15(10-14)27-20(13-6-8-24-9-7-13)17(12-25-27)21(29)26-19-11-16(28(30)31)4-5-18(19)23;/h1-5,10-13,24H,6-9H2,(H,26,29);1H. The van der Waals surface area contributed by atoms with Crippen molar-refractivity contribution in [2.75, 3.05) is 18.4 Å². The molecule has 0 bridgehead atoms. The Balaban J connectivity index is 0.00000289. The van der Waals surface area contributed by atoms with Crippen LogP contribution in [0.3, 0.4) is 0 Å². The lowest BCUT2D eigenvalue weighted by Gasteiger charge is -2.24. The lowest BCUT2D eigenvalue weighted by Crippen LogP contribution is -2.29. The van der Waals surface area contributed by atoms with E-state index in [1.807, 2.05) is 0 Å². The molecule has 8 nitrogen and oxygen atoms in total. The fourth-order valence-electron chi connectivity index (χ4n) is 3.75. The number of benzene rings is 2. The van der Waals surface area contributed by atoms with Crippen molar-refractivity contribution in [1.82, 2.24) is 15.1 Å². The minimum absolute atomic E-state index is 0. The molecule has 1 fully saturated rings. The molecule has 2 heterocycles. The topological polar surface area (TPSA) is 102 Å². The lowest BCUT2D eigenvalue weighted by atomic mass is 9.91. The van der Waals surface area contributed by atoms with E-state index in [2.05, 4.69) is 15.7 Å². The molecule has 11 heteroatoms. The van der Waals surface area contributed by atoms with Gasteiger partial charge in [-0.05, 0) is 50.2 Å². The molecular weight excluding hydrogens is 444 g/mol. The molecule has 3 aromatic rings. The Hall–Kier alpha value is -3.37. The number of non-ortho nitro benzene ring substituents is 1. The number of nitro benzene ring substituents is 1. The summed E-state index contributed by atoms with van der Waals surface area (Å²) >= 11 is 0. The maximum atomic E-state index is 14.2. The highest BCUT2D eigenvalue weighted by atomic mass is 35.5. The molecule has 32 heavy (non-hydrogen) atoms. The second-order valence-corrected chi connectivity index (χ2v) is 7.23. The zero-order valence-electron chi connectivity index (χ0n) is 16.8. The van der Waals surface area contributed by atoms with Crippen LogP contribution in [0.4, 0.5) is 20.2 Å². The first-order valence-corrected chi connectivity index (χ1v) is 9.74. The summed E-state index contributed by atoms with van der Waals surface area (Å²) in [5.41, 5.74) is 0.631. The quantitative estimate of drug-likeness (QED) is 0.436. The van der Waals surface area contributed by atoms with Crippen LogP contribution in [0, 0.1) is 21.7 Å². The van der Waals surface area contributed by atoms with E-state index >= 15 is 0 Å². The largest absolute Gasteiger partial charge is 0.319 e. The zero-order chi connectivity index (χ0) is 22.0. The van der Waals surface area contributed by atoms with Gasteiger partial charge in [0.1, 0.15) is 11.6 Å². The summed E-state index contributed by atoms with van der Waals surface area (Å²) in [5, 5.41) is 21.0. The Morgan fingerprint density at radius 1 is 1.19 bits per heavy atom. The van der Waals surface area contributed by atoms with Crippen LogP contribution in [-0.4, -0.2) is 33.7 Å². The second kappa shape index (κ2) is 9.84. The van der Waals surface area contributed by atoms with Gasteiger partial charge in [-0.2, -0.15) is 5.10 Å². The summed E-state index contributed by atoms with van der Waals surface area (Å²) in [6.07, 6.45) is 2.84. The first kappa shape index (κ1) is 23.3. The third-order valence-electron chi connectivity index (χ3n) is 5.24. The van der Waals surface area contributed by atoms with Crippen molar-refractivity contribution in [3.8, 4) is 5.69 Å². The summed E-state index contributed by atoms with van der Waals surface area (Å²) in [6.45, 7) is 1.50. The van der Waals surface area contributed by atoms with Gasteiger partial charge in [0.15, 0.2) is 0 Å². The van der Waals surface area contributed by atoms with Gasteiger partial charge in [-0.3, -0.25) is 14.9 Å². The molecular formula is C21H20ClF2N5O3. The van der Waals surface area contributed by atoms with Gasteiger partial charge in [-0.25, -0.2) is 13.5 Å². The number of piperidine rings is 1. The number of carbonyl (C=O) groups excluding carboxylic acids is 1. The van der Waals surface area contributed by atoms with E-state index in [-0.39, 0.29) is 35.3 Å². The van der Waals surface area contributed by atoms with E-state index in [0.29, 0.717) is 11.4 Å². The summed E-state index contributed by atoms with van der Waals surface area (Å²) in [6, 6.07) is 8.79. The van der Waals surface area contributed by atoms with Crippen molar-refractivity contribution < 1.29 is 18.5 Å². The number of nitrogens with zero attached hydrogens (tertiary/aromatic N) is 3. The van der Waals surface area contributed by atoms with Crippen molar-refractivity contribution in [3.63, 3.8) is 0 Å². The van der Waals surface area contributed by atoms with Crippen LogP contribution in [0.25, 0.3) is 5.69 Å². The van der Waals surface area contributed by atoms with Gasteiger partial charge < -0.3 is 10.6 Å². The molecule has 0 spiro atoms. The molecule has 0 saturated carbocycles. The average Bonchev–Trinajstić information content (AvgIpc) is 3.21. The molecule has 168 valence electrons. The molecule has 0 atom stereocenters. The molecule has 1 aliphatic rings. The Kier molecular flexibility index (Phi) is 7.16. The number of hydrogen-bond acceptors (Lipinski definition) is 5. The summed E-state index contributed by atoms with van der Waals surface area (Å²) in [7, 11) is 0. The number of rotatable bonds is 5. The summed E-state index contributed by atoms with van der Waals surface area (Å²) in [4.78, 5) is 23.4. The van der Waals surface area contributed by atoms with Crippen molar-refractivity contribution in [2.24, 2.45) is 0 Å². The number of carbonyl (C=O) groups is 1. The number of hydrogen-bond donors (Lipinski definition) is 2. The molecule has 0 radical (unpaired) electrons. The second-order valence-electron chi connectivity index (χ2n) is 7.23. The van der Waals surface area contributed by atoms with Gasteiger partial charge in [-0.1, -0.05) is 6.07 Å². The summed E-state index contributed by atoms with van der Waals surface area (Å²) in [5.74, 6) is -1.90.